The number of nitrogens with zero attached hydrogens (tertiary/aromatic N) is 1. The molecular formula is C16H13IN2O2. The molecule has 2 aromatic rings. The number of anilines is 1. The Kier molecular flexibility index (Phi) is 3.67. The third-order valence-electron chi connectivity index (χ3n) is 3.47. The molecule has 0 radical (unpaired) electrons. The standard InChI is InChI=1S/C16H13IN2O2/c1-19-9-12-8-11(4-7-14(12)18-16(19)21)15(20)10-2-5-13(17)6-3-10/h2-8H,9H2,1H3,(H,18,21). The Morgan fingerprint density at radius 2 is 1.81 bits per heavy atom. The van der Waals surface area contributed by atoms with E-state index in [9.17, 15) is 9.59 Å². The smallest absolute Gasteiger partial charge is 0.321 e. The van der Waals surface area contributed by atoms with Gasteiger partial charge in [-0.25, -0.2) is 4.79 Å². The second-order valence-electron chi connectivity index (χ2n) is 4.99. The number of benzene rings is 2. The highest BCUT2D eigenvalue weighted by Crippen LogP contribution is 2.25. The van der Waals surface area contributed by atoms with Crippen LogP contribution in [0.15, 0.2) is 42.5 Å². The molecule has 0 aliphatic carbocycles. The summed E-state index contributed by atoms with van der Waals surface area (Å²) >= 11 is 2.21. The van der Waals surface area contributed by atoms with Crippen molar-refractivity contribution in [2.45, 2.75) is 6.54 Å². The number of carbonyl (C=O) groups is 2. The Balaban J connectivity index is 1.93. The van der Waals surface area contributed by atoms with E-state index in [1.165, 1.54) is 0 Å². The van der Waals surface area contributed by atoms with Crippen molar-refractivity contribution in [3.05, 3.63) is 62.7 Å². The van der Waals surface area contributed by atoms with Gasteiger partial charge in [0, 0.05) is 34.0 Å². The van der Waals surface area contributed by atoms with Gasteiger partial charge >= 0.3 is 6.03 Å². The average Bonchev–Trinajstić information content (AvgIpc) is 2.48. The molecule has 1 heterocycles. The topological polar surface area (TPSA) is 49.4 Å². The molecule has 2 amide bonds. The lowest BCUT2D eigenvalue weighted by Gasteiger charge is -2.26. The number of nitrogens with one attached hydrogen (secondary N) is 1. The van der Waals surface area contributed by atoms with Gasteiger partial charge in [0.05, 0.1) is 0 Å². The van der Waals surface area contributed by atoms with Crippen LogP contribution in [0.1, 0.15) is 21.5 Å². The summed E-state index contributed by atoms with van der Waals surface area (Å²) in [7, 11) is 1.73. The fourth-order valence-electron chi connectivity index (χ4n) is 2.29. The summed E-state index contributed by atoms with van der Waals surface area (Å²) in [6.45, 7) is 0.509. The van der Waals surface area contributed by atoms with Gasteiger partial charge in [0.1, 0.15) is 0 Å². The first-order chi connectivity index (χ1) is 10.0. The number of carbonyl (C=O) groups excluding carboxylic acids is 2. The predicted octanol–water partition coefficient (Wildman–Crippen LogP) is 3.50. The normalized spacial score (nSPS) is 13.6. The van der Waals surface area contributed by atoms with E-state index in [4.69, 9.17) is 0 Å². The highest BCUT2D eigenvalue weighted by Gasteiger charge is 2.20. The van der Waals surface area contributed by atoms with Gasteiger partial charge in [-0.15, -0.1) is 0 Å². The van der Waals surface area contributed by atoms with Gasteiger partial charge in [0.2, 0.25) is 0 Å². The number of hydrogen-bond acceptors (Lipinski definition) is 2. The number of ketones is 1. The molecule has 0 spiro atoms. The Morgan fingerprint density at radius 1 is 1.14 bits per heavy atom. The van der Waals surface area contributed by atoms with E-state index >= 15 is 0 Å². The highest BCUT2D eigenvalue weighted by atomic mass is 127. The van der Waals surface area contributed by atoms with Crippen molar-refractivity contribution in [3.8, 4) is 0 Å². The summed E-state index contributed by atoms with van der Waals surface area (Å²) in [6.07, 6.45) is 0. The SMILES string of the molecule is CN1Cc2cc(C(=O)c3ccc(I)cc3)ccc2NC1=O. The van der Waals surface area contributed by atoms with Crippen LogP contribution in [0.3, 0.4) is 0 Å². The minimum Gasteiger partial charge on any atom is -0.323 e. The summed E-state index contributed by atoms with van der Waals surface area (Å²) < 4.78 is 1.10. The van der Waals surface area contributed by atoms with Gasteiger partial charge in [0.25, 0.3) is 0 Å². The molecule has 1 aliphatic rings. The number of halogens is 1. The Morgan fingerprint density at radius 3 is 2.52 bits per heavy atom. The summed E-state index contributed by atoms with van der Waals surface area (Å²) in [6, 6.07) is 12.8. The van der Waals surface area contributed by atoms with Crippen molar-refractivity contribution >= 4 is 40.1 Å². The molecule has 0 unspecified atom stereocenters. The molecule has 4 nitrogen and oxygen atoms in total. The van der Waals surface area contributed by atoms with Crippen LogP contribution < -0.4 is 5.32 Å². The maximum atomic E-state index is 12.5. The second-order valence-corrected chi connectivity index (χ2v) is 6.24. The largest absolute Gasteiger partial charge is 0.323 e. The summed E-state index contributed by atoms with van der Waals surface area (Å²) in [5.74, 6) is -0.00578. The van der Waals surface area contributed by atoms with Gasteiger partial charge < -0.3 is 10.2 Å². The molecular weight excluding hydrogens is 379 g/mol. The van der Waals surface area contributed by atoms with Crippen molar-refractivity contribution < 1.29 is 9.59 Å². The summed E-state index contributed by atoms with van der Waals surface area (Å²) in [5, 5.41) is 2.80. The van der Waals surface area contributed by atoms with Gasteiger partial charge in [-0.2, -0.15) is 0 Å². The lowest BCUT2D eigenvalue weighted by atomic mass is 9.99. The third kappa shape index (κ3) is 2.78. The number of amides is 2. The van der Waals surface area contributed by atoms with Crippen molar-refractivity contribution in [2.24, 2.45) is 0 Å². The molecule has 2 aromatic carbocycles. The first kappa shape index (κ1) is 14.1. The number of fused-ring (bicyclic) bond motifs is 1. The van der Waals surface area contributed by atoms with E-state index in [0.717, 1.165) is 14.8 Å². The predicted molar refractivity (Wildman–Crippen MR) is 89.5 cm³/mol. The van der Waals surface area contributed by atoms with Crippen molar-refractivity contribution in [1.29, 1.82) is 0 Å². The van der Waals surface area contributed by atoms with Crippen molar-refractivity contribution in [3.63, 3.8) is 0 Å². The first-order valence-electron chi connectivity index (χ1n) is 6.50. The van der Waals surface area contributed by atoms with E-state index in [1.54, 1.807) is 24.1 Å². The molecule has 21 heavy (non-hydrogen) atoms. The van der Waals surface area contributed by atoms with Crippen LogP contribution in [0.25, 0.3) is 0 Å². The lowest BCUT2D eigenvalue weighted by Crippen LogP contribution is -2.35. The molecule has 0 saturated carbocycles. The maximum absolute atomic E-state index is 12.5. The van der Waals surface area contributed by atoms with Gasteiger partial charge in [0.15, 0.2) is 5.78 Å². The van der Waals surface area contributed by atoms with Gasteiger partial charge in [-0.1, -0.05) is 0 Å². The van der Waals surface area contributed by atoms with Crippen LogP contribution >= 0.6 is 22.6 Å². The molecule has 106 valence electrons. The molecule has 0 saturated heterocycles. The molecule has 1 N–H and O–H groups in total. The monoisotopic (exact) mass is 392 g/mol. The third-order valence-corrected chi connectivity index (χ3v) is 4.19. The molecule has 0 aromatic heterocycles. The first-order valence-corrected chi connectivity index (χ1v) is 7.58. The van der Waals surface area contributed by atoms with Crippen LogP contribution in [-0.4, -0.2) is 23.8 Å². The van der Waals surface area contributed by atoms with E-state index in [1.807, 2.05) is 30.3 Å². The molecule has 0 fully saturated rings. The average molecular weight is 392 g/mol. The molecule has 0 bridgehead atoms. The zero-order chi connectivity index (χ0) is 15.0. The molecule has 3 rings (SSSR count). The quantitative estimate of drug-likeness (QED) is 0.629. The minimum atomic E-state index is -0.126. The number of urea groups is 1. The van der Waals surface area contributed by atoms with Crippen LogP contribution in [-0.2, 0) is 6.54 Å². The zero-order valence-electron chi connectivity index (χ0n) is 11.4. The lowest BCUT2D eigenvalue weighted by molar-refractivity contribution is 0.103. The van der Waals surface area contributed by atoms with Gasteiger partial charge in [-0.3, -0.25) is 4.79 Å². The van der Waals surface area contributed by atoms with Crippen LogP contribution in [0.4, 0.5) is 10.5 Å². The van der Waals surface area contributed by atoms with Crippen LogP contribution in [0.2, 0.25) is 0 Å². The van der Waals surface area contributed by atoms with Crippen LogP contribution in [0, 0.1) is 3.57 Å². The van der Waals surface area contributed by atoms with E-state index < -0.39 is 0 Å². The Labute approximate surface area is 136 Å². The highest BCUT2D eigenvalue weighted by molar-refractivity contribution is 14.1. The molecule has 1 aliphatic heterocycles. The summed E-state index contributed by atoms with van der Waals surface area (Å²) in [4.78, 5) is 25.6. The molecule has 5 heteroatoms. The summed E-state index contributed by atoms with van der Waals surface area (Å²) in [5.41, 5.74) is 3.04. The fourth-order valence-corrected chi connectivity index (χ4v) is 2.65. The fraction of sp³-hybridized carbons (Fsp3) is 0.125. The van der Waals surface area contributed by atoms with E-state index in [-0.39, 0.29) is 11.8 Å². The van der Waals surface area contributed by atoms with Gasteiger partial charge in [-0.05, 0) is 70.6 Å². The Hall–Kier alpha value is -1.89. The Bertz CT molecular complexity index is 726. The maximum Gasteiger partial charge on any atom is 0.321 e. The van der Waals surface area contributed by atoms with E-state index in [2.05, 4.69) is 27.9 Å². The second kappa shape index (κ2) is 5.48. The zero-order valence-corrected chi connectivity index (χ0v) is 13.5. The molecule has 0 atom stereocenters. The number of hydrogen-bond donors (Lipinski definition) is 1. The van der Waals surface area contributed by atoms with Crippen molar-refractivity contribution in [2.75, 3.05) is 12.4 Å². The van der Waals surface area contributed by atoms with Crippen molar-refractivity contribution in [1.82, 2.24) is 4.90 Å². The number of rotatable bonds is 2. The van der Waals surface area contributed by atoms with E-state index in [0.29, 0.717) is 17.7 Å². The van der Waals surface area contributed by atoms with Crippen LogP contribution in [0.5, 0.6) is 0 Å². The minimum absolute atomic E-state index is 0.00578.